The van der Waals surface area contributed by atoms with Crippen LogP contribution in [0.2, 0.25) is 0 Å². The van der Waals surface area contributed by atoms with Gasteiger partial charge in [-0.1, -0.05) is 36.4 Å². The fourth-order valence-corrected chi connectivity index (χ4v) is 2.83. The number of hydrogen-bond acceptors (Lipinski definition) is 3. The van der Waals surface area contributed by atoms with Gasteiger partial charge in [-0.25, -0.2) is 9.18 Å². The lowest BCUT2D eigenvalue weighted by Gasteiger charge is -2.20. The van der Waals surface area contributed by atoms with E-state index < -0.39 is 29.9 Å². The van der Waals surface area contributed by atoms with Crippen LogP contribution in [0, 0.1) is 5.82 Å². The van der Waals surface area contributed by atoms with Crippen LogP contribution in [0.1, 0.15) is 18.6 Å². The Morgan fingerprint density at radius 1 is 1.08 bits per heavy atom. The molecule has 3 rings (SSSR count). The van der Waals surface area contributed by atoms with Crippen molar-refractivity contribution in [3.63, 3.8) is 0 Å². The smallest absolute Gasteiger partial charge is 0.332 e. The minimum atomic E-state index is -1.28. The second kappa shape index (κ2) is 6.41. The summed E-state index contributed by atoms with van der Waals surface area (Å²) in [5.41, 5.74) is 0.662. The van der Waals surface area contributed by atoms with Crippen molar-refractivity contribution in [1.82, 2.24) is 4.90 Å². The summed E-state index contributed by atoms with van der Waals surface area (Å²) in [6.45, 7) is 1.34. The van der Waals surface area contributed by atoms with Crippen molar-refractivity contribution in [1.29, 1.82) is 0 Å². The molecule has 1 aliphatic heterocycles. The molecule has 1 saturated heterocycles. The van der Waals surface area contributed by atoms with E-state index in [4.69, 9.17) is 0 Å². The molecule has 1 aliphatic rings. The van der Waals surface area contributed by atoms with Crippen LogP contribution < -0.4 is 4.90 Å². The number of β-amino-alcohol motifs (C(OH)–C–C–N with tert-alkyl or cyclic N) is 1. The Bertz CT molecular complexity index is 766. The van der Waals surface area contributed by atoms with Gasteiger partial charge in [0, 0.05) is 11.3 Å². The fraction of sp³-hybridized carbons (Fsp3) is 0.222. The summed E-state index contributed by atoms with van der Waals surface area (Å²) in [5.74, 6) is -0.990. The van der Waals surface area contributed by atoms with Crippen LogP contribution >= 0.6 is 0 Å². The molecule has 0 unspecified atom stereocenters. The Kier molecular flexibility index (Phi) is 4.31. The number of halogens is 1. The van der Waals surface area contributed by atoms with Crippen molar-refractivity contribution in [2.75, 3.05) is 11.4 Å². The van der Waals surface area contributed by atoms with E-state index in [1.54, 1.807) is 37.3 Å². The molecule has 6 heteroatoms. The van der Waals surface area contributed by atoms with Crippen LogP contribution in [0.25, 0.3) is 0 Å². The van der Waals surface area contributed by atoms with Crippen LogP contribution in [0.3, 0.4) is 0 Å². The van der Waals surface area contributed by atoms with E-state index in [1.165, 1.54) is 23.1 Å². The average Bonchev–Trinajstić information content (AvgIpc) is 2.79. The third-order valence-corrected chi connectivity index (χ3v) is 4.10. The molecule has 0 aromatic heterocycles. The van der Waals surface area contributed by atoms with Crippen LogP contribution in [0.4, 0.5) is 14.9 Å². The lowest BCUT2D eigenvalue weighted by Crippen LogP contribution is -2.36. The summed E-state index contributed by atoms with van der Waals surface area (Å²) >= 11 is 0. The zero-order chi connectivity index (χ0) is 17.3. The highest BCUT2D eigenvalue weighted by molar-refractivity contribution is 6.14. The molecule has 2 aromatic rings. The minimum Gasteiger partial charge on any atom is -0.386 e. The minimum absolute atomic E-state index is 0.0592. The van der Waals surface area contributed by atoms with E-state index in [0.717, 1.165) is 4.90 Å². The Morgan fingerprint density at radius 2 is 1.71 bits per heavy atom. The van der Waals surface area contributed by atoms with Crippen LogP contribution in [0.15, 0.2) is 54.6 Å². The number of aliphatic hydroxyl groups excluding tert-OH is 1. The molecule has 0 saturated carbocycles. The van der Waals surface area contributed by atoms with Gasteiger partial charge >= 0.3 is 6.03 Å². The van der Waals surface area contributed by atoms with Crippen molar-refractivity contribution >= 4 is 17.6 Å². The second-order valence-electron chi connectivity index (χ2n) is 5.65. The second-order valence-corrected chi connectivity index (χ2v) is 5.65. The van der Waals surface area contributed by atoms with Crippen molar-refractivity contribution in [3.8, 4) is 0 Å². The van der Waals surface area contributed by atoms with Crippen molar-refractivity contribution in [3.05, 3.63) is 66.0 Å². The van der Waals surface area contributed by atoms with Gasteiger partial charge in [-0.05, 0) is 25.1 Å². The molecule has 5 nitrogen and oxygen atoms in total. The van der Waals surface area contributed by atoms with Crippen LogP contribution in [0.5, 0.6) is 0 Å². The number of benzene rings is 2. The van der Waals surface area contributed by atoms with Gasteiger partial charge in [0.15, 0.2) is 0 Å². The zero-order valence-corrected chi connectivity index (χ0v) is 13.1. The van der Waals surface area contributed by atoms with Crippen molar-refractivity contribution < 1.29 is 19.1 Å². The summed E-state index contributed by atoms with van der Waals surface area (Å²) in [5, 5.41) is 10.2. The molecule has 0 spiro atoms. The first-order valence-corrected chi connectivity index (χ1v) is 7.63. The third-order valence-electron chi connectivity index (χ3n) is 4.10. The molecule has 24 heavy (non-hydrogen) atoms. The van der Waals surface area contributed by atoms with E-state index in [0.29, 0.717) is 5.69 Å². The number of carbonyl (C=O) groups excluding carboxylic acids is 2. The van der Waals surface area contributed by atoms with E-state index >= 15 is 0 Å². The van der Waals surface area contributed by atoms with E-state index in [9.17, 15) is 19.1 Å². The van der Waals surface area contributed by atoms with Gasteiger partial charge in [-0.3, -0.25) is 14.6 Å². The monoisotopic (exact) mass is 328 g/mol. The molecule has 2 aromatic carbocycles. The van der Waals surface area contributed by atoms with E-state index in [2.05, 4.69) is 0 Å². The molecule has 3 amide bonds. The molecule has 2 atom stereocenters. The molecule has 124 valence electrons. The number of aliphatic hydroxyl groups is 1. The predicted molar refractivity (Wildman–Crippen MR) is 86.9 cm³/mol. The topological polar surface area (TPSA) is 60.9 Å². The van der Waals surface area contributed by atoms with Gasteiger partial charge < -0.3 is 5.11 Å². The number of rotatable bonds is 4. The summed E-state index contributed by atoms with van der Waals surface area (Å²) in [6, 6.07) is 13.4. The predicted octanol–water partition coefficient (Wildman–Crippen LogP) is 2.72. The van der Waals surface area contributed by atoms with Gasteiger partial charge in [0.2, 0.25) is 0 Å². The first kappa shape index (κ1) is 16.1. The molecular weight excluding hydrogens is 311 g/mol. The van der Waals surface area contributed by atoms with Crippen LogP contribution in [-0.4, -0.2) is 34.5 Å². The largest absolute Gasteiger partial charge is 0.386 e. The Morgan fingerprint density at radius 3 is 2.38 bits per heavy atom. The highest BCUT2D eigenvalue weighted by atomic mass is 19.1. The van der Waals surface area contributed by atoms with Crippen molar-refractivity contribution in [2.24, 2.45) is 0 Å². The highest BCUT2D eigenvalue weighted by Crippen LogP contribution is 2.27. The number of amides is 3. The molecule has 0 aliphatic carbocycles. The normalized spacial score (nSPS) is 19.0. The van der Waals surface area contributed by atoms with E-state index in [-0.39, 0.29) is 12.1 Å². The Hall–Kier alpha value is -2.73. The molecular formula is C18H17FN2O3. The zero-order valence-electron chi connectivity index (χ0n) is 13.1. The Balaban J connectivity index is 1.83. The maximum atomic E-state index is 13.8. The molecule has 0 radical (unpaired) electrons. The van der Waals surface area contributed by atoms with Gasteiger partial charge in [-0.15, -0.1) is 0 Å². The van der Waals surface area contributed by atoms with Crippen LogP contribution in [-0.2, 0) is 4.79 Å². The highest BCUT2D eigenvalue weighted by Gasteiger charge is 2.44. The summed E-state index contributed by atoms with van der Waals surface area (Å²) < 4.78 is 13.8. The SMILES string of the molecule is C[C@@H]1C(=O)N(C[C@@H](O)c2ccccc2F)C(=O)N1c1ccccc1. The van der Waals surface area contributed by atoms with Gasteiger partial charge in [0.25, 0.3) is 5.91 Å². The number of urea groups is 1. The molecule has 0 bridgehead atoms. The van der Waals surface area contributed by atoms with Gasteiger partial charge in [0.05, 0.1) is 12.6 Å². The maximum absolute atomic E-state index is 13.8. The molecule has 1 heterocycles. The standard InChI is InChI=1S/C18H17FN2O3/c1-12-17(23)20(11-16(22)14-9-5-6-10-15(14)19)18(24)21(12)13-7-3-2-4-8-13/h2-10,12,16,22H,11H2,1H3/t12-,16-/m1/s1. The lowest BCUT2D eigenvalue weighted by atomic mass is 10.1. The third kappa shape index (κ3) is 2.76. The van der Waals surface area contributed by atoms with Gasteiger partial charge in [0.1, 0.15) is 11.9 Å². The Labute approximate surface area is 138 Å². The quantitative estimate of drug-likeness (QED) is 0.878. The number of hydrogen-bond donors (Lipinski definition) is 1. The number of anilines is 1. The lowest BCUT2D eigenvalue weighted by molar-refractivity contribution is -0.128. The first-order valence-electron chi connectivity index (χ1n) is 7.63. The number of carbonyl (C=O) groups is 2. The fourth-order valence-electron chi connectivity index (χ4n) is 2.83. The summed E-state index contributed by atoms with van der Waals surface area (Å²) in [4.78, 5) is 27.4. The number of para-hydroxylation sites is 1. The van der Waals surface area contributed by atoms with Crippen molar-refractivity contribution in [2.45, 2.75) is 19.1 Å². The van der Waals surface area contributed by atoms with E-state index in [1.807, 2.05) is 6.07 Å². The average molecular weight is 328 g/mol. The number of imide groups is 1. The molecule has 1 N–H and O–H groups in total. The number of nitrogens with zero attached hydrogens (tertiary/aromatic N) is 2. The maximum Gasteiger partial charge on any atom is 0.332 e. The van der Waals surface area contributed by atoms with Gasteiger partial charge in [-0.2, -0.15) is 0 Å². The summed E-state index contributed by atoms with van der Waals surface area (Å²) in [6.07, 6.45) is -1.28. The molecule has 1 fully saturated rings. The first-order chi connectivity index (χ1) is 11.5. The summed E-state index contributed by atoms with van der Waals surface area (Å²) in [7, 11) is 0.